The summed E-state index contributed by atoms with van der Waals surface area (Å²) in [5.74, 6) is -0.406. The summed E-state index contributed by atoms with van der Waals surface area (Å²) in [6, 6.07) is 5.56. The molecule has 0 aromatic heterocycles. The van der Waals surface area contributed by atoms with Crippen molar-refractivity contribution in [2.75, 3.05) is 0 Å². The summed E-state index contributed by atoms with van der Waals surface area (Å²) in [6.45, 7) is 4.19. The van der Waals surface area contributed by atoms with Gasteiger partial charge in [-0.25, -0.2) is 0 Å². The van der Waals surface area contributed by atoms with Crippen molar-refractivity contribution in [2.24, 2.45) is 0 Å². The van der Waals surface area contributed by atoms with E-state index in [9.17, 15) is 18.0 Å². The number of allylic oxidation sites excluding steroid dienone is 1. The molecule has 0 fully saturated rings. The van der Waals surface area contributed by atoms with Crippen LogP contribution in [0.2, 0.25) is 0 Å². The zero-order valence-electron chi connectivity index (χ0n) is 8.06. The van der Waals surface area contributed by atoms with Crippen LogP contribution in [0.25, 0.3) is 5.57 Å². The first-order valence-corrected chi connectivity index (χ1v) is 4.20. The van der Waals surface area contributed by atoms with E-state index < -0.39 is 17.5 Å². The molecular weight excluding hydrogens is 205 g/mol. The van der Waals surface area contributed by atoms with E-state index in [1.54, 1.807) is 0 Å². The highest BCUT2D eigenvalue weighted by Gasteiger charge is 2.34. The monoisotopic (exact) mass is 214 g/mol. The van der Waals surface area contributed by atoms with Gasteiger partial charge in [-0.15, -0.1) is 0 Å². The van der Waals surface area contributed by atoms with Crippen molar-refractivity contribution in [3.8, 4) is 0 Å². The predicted octanol–water partition coefficient (Wildman–Crippen LogP) is 3.46. The second-order valence-electron chi connectivity index (χ2n) is 3.08. The van der Waals surface area contributed by atoms with Gasteiger partial charge in [-0.05, 0) is 12.5 Å². The Morgan fingerprint density at radius 3 is 2.07 bits per heavy atom. The molecule has 0 bridgehead atoms. The summed E-state index contributed by atoms with van der Waals surface area (Å²) in [5, 5.41) is 0. The molecule has 1 nitrogen and oxygen atoms in total. The maximum Gasteiger partial charge on any atom is 0.416 e. The highest BCUT2D eigenvalue weighted by Crippen LogP contribution is 2.33. The average Bonchev–Trinajstić information content (AvgIpc) is 2.15. The number of benzene rings is 1. The second kappa shape index (κ2) is 3.88. The second-order valence-corrected chi connectivity index (χ2v) is 3.08. The molecule has 0 unspecified atom stereocenters. The third-order valence-electron chi connectivity index (χ3n) is 1.97. The number of hydrogen-bond acceptors (Lipinski definition) is 1. The summed E-state index contributed by atoms with van der Waals surface area (Å²) in [4.78, 5) is 11.1. The lowest BCUT2D eigenvalue weighted by molar-refractivity contribution is -0.0686. The van der Waals surface area contributed by atoms with Crippen molar-refractivity contribution in [1.29, 1.82) is 0 Å². The minimum atomic E-state index is -4.51. The van der Waals surface area contributed by atoms with Crippen LogP contribution in [0, 0.1) is 0 Å². The first-order chi connectivity index (χ1) is 6.84. The number of rotatable bonds is 2. The van der Waals surface area contributed by atoms with Crippen molar-refractivity contribution < 1.29 is 18.0 Å². The first kappa shape index (κ1) is 11.5. The maximum atomic E-state index is 12.4. The van der Waals surface area contributed by atoms with Crippen molar-refractivity contribution in [3.63, 3.8) is 0 Å². The van der Waals surface area contributed by atoms with E-state index in [4.69, 9.17) is 0 Å². The van der Waals surface area contributed by atoms with Crippen LogP contribution >= 0.6 is 0 Å². The fourth-order valence-corrected chi connectivity index (χ4v) is 1.21. The third kappa shape index (κ3) is 2.46. The average molecular weight is 214 g/mol. The van der Waals surface area contributed by atoms with Crippen LogP contribution in [0.15, 0.2) is 30.8 Å². The van der Waals surface area contributed by atoms with Gasteiger partial charge in [-0.3, -0.25) is 4.79 Å². The lowest BCUT2D eigenvalue weighted by atomic mass is 9.98. The third-order valence-corrected chi connectivity index (χ3v) is 1.97. The Kier molecular flexibility index (Phi) is 2.98. The number of hydrogen-bond donors (Lipinski definition) is 0. The van der Waals surface area contributed by atoms with E-state index in [1.165, 1.54) is 31.2 Å². The Balaban J connectivity index is 3.26. The summed E-state index contributed by atoms with van der Waals surface area (Å²) in [5.41, 5.74) is -1.11. The smallest absolute Gasteiger partial charge is 0.294 e. The molecule has 0 amide bonds. The molecular formula is C11H9F3O. The molecule has 80 valence electrons. The Labute approximate surface area is 85.2 Å². The lowest BCUT2D eigenvalue weighted by Gasteiger charge is -2.12. The van der Waals surface area contributed by atoms with Crippen LogP contribution in [-0.4, -0.2) is 12.0 Å². The molecule has 4 heteroatoms. The molecule has 0 N–H and O–H groups in total. The lowest BCUT2D eigenvalue weighted by Crippen LogP contribution is -2.12. The van der Waals surface area contributed by atoms with E-state index in [2.05, 4.69) is 6.58 Å². The molecule has 1 rings (SSSR count). The fraction of sp³-hybridized carbons (Fsp3) is 0.182. The Morgan fingerprint density at radius 2 is 1.67 bits per heavy atom. The number of Topliss-reactive ketones (excluding diaryl/α,β-unsaturated/α-hetero) is 1. The molecule has 0 aliphatic carbocycles. The number of carbonyl (C=O) groups excluding carboxylic acids is 1. The molecule has 15 heavy (non-hydrogen) atoms. The van der Waals surface area contributed by atoms with Crippen LogP contribution in [0.1, 0.15) is 22.8 Å². The minimum absolute atomic E-state index is 0.0415. The van der Waals surface area contributed by atoms with E-state index in [1.807, 2.05) is 0 Å². The first-order valence-electron chi connectivity index (χ1n) is 4.20. The fourth-order valence-electron chi connectivity index (χ4n) is 1.21. The molecule has 1 aromatic carbocycles. The number of carbonyl (C=O) groups is 1. The van der Waals surface area contributed by atoms with Gasteiger partial charge in [0.2, 0.25) is 0 Å². The molecule has 0 saturated heterocycles. The standard InChI is InChI=1S/C11H9F3O/c1-7(11(12,13)14)9-5-3-4-6-10(9)8(2)15/h3-6H,1H2,2H3. The zero-order valence-corrected chi connectivity index (χ0v) is 8.06. The van der Waals surface area contributed by atoms with Crippen molar-refractivity contribution >= 4 is 11.4 Å². The SMILES string of the molecule is C=C(c1ccccc1C(C)=O)C(F)(F)F. The van der Waals surface area contributed by atoms with Crippen molar-refractivity contribution in [1.82, 2.24) is 0 Å². The van der Waals surface area contributed by atoms with Crippen LogP contribution in [0.4, 0.5) is 13.2 Å². The van der Waals surface area contributed by atoms with Crippen LogP contribution < -0.4 is 0 Å². The normalized spacial score (nSPS) is 11.2. The summed E-state index contributed by atoms with van der Waals surface area (Å²) < 4.78 is 37.1. The highest BCUT2D eigenvalue weighted by molar-refractivity contribution is 5.99. The maximum absolute atomic E-state index is 12.4. The highest BCUT2D eigenvalue weighted by atomic mass is 19.4. The van der Waals surface area contributed by atoms with E-state index in [0.717, 1.165) is 0 Å². The number of ketones is 1. The predicted molar refractivity (Wildman–Crippen MR) is 51.5 cm³/mol. The van der Waals surface area contributed by atoms with Gasteiger partial charge < -0.3 is 0 Å². The quantitative estimate of drug-likeness (QED) is 0.689. The Hall–Kier alpha value is -1.58. The Morgan fingerprint density at radius 1 is 1.20 bits per heavy atom. The van der Waals surface area contributed by atoms with Gasteiger partial charge in [-0.2, -0.15) is 13.2 Å². The van der Waals surface area contributed by atoms with Gasteiger partial charge in [0, 0.05) is 5.56 Å². The number of alkyl halides is 3. The molecule has 0 aliphatic rings. The molecule has 1 aromatic rings. The molecule has 0 atom stereocenters. The molecule has 0 aliphatic heterocycles. The van der Waals surface area contributed by atoms with Crippen LogP contribution in [-0.2, 0) is 0 Å². The summed E-state index contributed by atoms with van der Waals surface area (Å²) in [7, 11) is 0. The molecule has 0 heterocycles. The largest absolute Gasteiger partial charge is 0.416 e. The van der Waals surface area contributed by atoms with Gasteiger partial charge >= 0.3 is 6.18 Å². The van der Waals surface area contributed by atoms with Crippen molar-refractivity contribution in [3.05, 3.63) is 42.0 Å². The summed E-state index contributed by atoms with van der Waals surface area (Å²) in [6.07, 6.45) is -4.51. The van der Waals surface area contributed by atoms with Gasteiger partial charge in [0.25, 0.3) is 0 Å². The van der Waals surface area contributed by atoms with E-state index in [0.29, 0.717) is 0 Å². The van der Waals surface area contributed by atoms with Gasteiger partial charge in [-0.1, -0.05) is 30.8 Å². The Bertz CT molecular complexity index is 405. The molecule has 0 spiro atoms. The molecule has 0 saturated carbocycles. The van der Waals surface area contributed by atoms with Gasteiger partial charge in [0.05, 0.1) is 5.57 Å². The van der Waals surface area contributed by atoms with Crippen LogP contribution in [0.3, 0.4) is 0 Å². The van der Waals surface area contributed by atoms with Crippen molar-refractivity contribution in [2.45, 2.75) is 13.1 Å². The van der Waals surface area contributed by atoms with E-state index >= 15 is 0 Å². The number of halogens is 3. The summed E-state index contributed by atoms with van der Waals surface area (Å²) >= 11 is 0. The minimum Gasteiger partial charge on any atom is -0.294 e. The van der Waals surface area contributed by atoms with Gasteiger partial charge in [0.1, 0.15) is 0 Å². The zero-order chi connectivity index (χ0) is 11.6. The van der Waals surface area contributed by atoms with Crippen LogP contribution in [0.5, 0.6) is 0 Å². The van der Waals surface area contributed by atoms with Gasteiger partial charge in [0.15, 0.2) is 5.78 Å². The molecule has 0 radical (unpaired) electrons. The van der Waals surface area contributed by atoms with E-state index in [-0.39, 0.29) is 11.1 Å². The topological polar surface area (TPSA) is 17.1 Å².